The summed E-state index contributed by atoms with van der Waals surface area (Å²) in [5.74, 6) is -0.241. The maximum absolute atomic E-state index is 13.2. The lowest BCUT2D eigenvalue weighted by Gasteiger charge is -2.13. The lowest BCUT2D eigenvalue weighted by atomic mass is 10.0. The summed E-state index contributed by atoms with van der Waals surface area (Å²) >= 11 is 3.22. The molecule has 0 aliphatic heterocycles. The molecule has 0 heterocycles. The van der Waals surface area contributed by atoms with Gasteiger partial charge in [0.05, 0.1) is 4.47 Å². The van der Waals surface area contributed by atoms with Crippen LogP contribution >= 0.6 is 28.3 Å². The molecule has 1 rings (SSSR count). The Kier molecular flexibility index (Phi) is 7.14. The van der Waals surface area contributed by atoms with E-state index in [2.05, 4.69) is 22.9 Å². The first-order chi connectivity index (χ1) is 6.66. The van der Waals surface area contributed by atoms with Gasteiger partial charge in [0, 0.05) is 6.04 Å². The topological polar surface area (TPSA) is 26.0 Å². The molecule has 15 heavy (non-hydrogen) atoms. The first-order valence-electron chi connectivity index (χ1n) is 4.86. The molecule has 0 fully saturated rings. The Labute approximate surface area is 105 Å². The van der Waals surface area contributed by atoms with Crippen LogP contribution in [0, 0.1) is 5.82 Å². The molecule has 0 amide bonds. The van der Waals surface area contributed by atoms with Crippen molar-refractivity contribution in [2.24, 2.45) is 5.73 Å². The molecule has 0 spiro atoms. The van der Waals surface area contributed by atoms with Gasteiger partial charge in [0.25, 0.3) is 0 Å². The quantitative estimate of drug-likeness (QED) is 0.885. The number of unbranched alkanes of at least 4 members (excludes halogenated alkanes) is 1. The van der Waals surface area contributed by atoms with E-state index >= 15 is 0 Å². The number of hydrogen-bond acceptors (Lipinski definition) is 1. The Morgan fingerprint density at radius 1 is 1.47 bits per heavy atom. The van der Waals surface area contributed by atoms with Gasteiger partial charge in [-0.15, -0.1) is 12.4 Å². The summed E-state index contributed by atoms with van der Waals surface area (Å²) in [6.07, 6.45) is 3.09. The second kappa shape index (κ2) is 7.20. The third-order valence-electron chi connectivity index (χ3n) is 2.25. The maximum atomic E-state index is 13.2. The van der Waals surface area contributed by atoms with Gasteiger partial charge in [-0.25, -0.2) is 4.39 Å². The zero-order chi connectivity index (χ0) is 10.6. The Bertz CT molecular complexity index is 307. The third kappa shape index (κ3) is 4.09. The molecule has 0 saturated heterocycles. The van der Waals surface area contributed by atoms with E-state index in [1.54, 1.807) is 6.07 Å². The van der Waals surface area contributed by atoms with Gasteiger partial charge >= 0.3 is 0 Å². The van der Waals surface area contributed by atoms with E-state index in [1.807, 2.05) is 6.07 Å². The highest BCUT2D eigenvalue weighted by Gasteiger charge is 2.11. The van der Waals surface area contributed by atoms with Crippen LogP contribution in [0.5, 0.6) is 0 Å². The van der Waals surface area contributed by atoms with Crippen molar-refractivity contribution in [2.45, 2.75) is 32.2 Å². The first-order valence-corrected chi connectivity index (χ1v) is 5.65. The average Bonchev–Trinajstić information content (AvgIpc) is 2.18. The minimum Gasteiger partial charge on any atom is -0.324 e. The largest absolute Gasteiger partial charge is 0.324 e. The molecule has 1 nitrogen and oxygen atoms in total. The molecule has 0 aliphatic carbocycles. The Morgan fingerprint density at radius 3 is 2.73 bits per heavy atom. The zero-order valence-corrected chi connectivity index (χ0v) is 11.1. The second-order valence-electron chi connectivity index (χ2n) is 3.39. The van der Waals surface area contributed by atoms with Crippen LogP contribution < -0.4 is 5.73 Å². The maximum Gasteiger partial charge on any atom is 0.137 e. The van der Waals surface area contributed by atoms with E-state index in [0.717, 1.165) is 24.8 Å². The SMILES string of the molecule is CCCC[C@@H](N)c1cccc(F)c1Br.Cl. The smallest absolute Gasteiger partial charge is 0.137 e. The van der Waals surface area contributed by atoms with Crippen molar-refractivity contribution in [3.63, 3.8) is 0 Å². The molecule has 1 aromatic rings. The number of nitrogens with two attached hydrogens (primary N) is 1. The van der Waals surface area contributed by atoms with E-state index in [-0.39, 0.29) is 24.3 Å². The lowest BCUT2D eigenvalue weighted by molar-refractivity contribution is 0.582. The van der Waals surface area contributed by atoms with Crippen molar-refractivity contribution >= 4 is 28.3 Å². The van der Waals surface area contributed by atoms with E-state index in [1.165, 1.54) is 6.07 Å². The summed E-state index contributed by atoms with van der Waals surface area (Å²) in [5.41, 5.74) is 6.81. The summed E-state index contributed by atoms with van der Waals surface area (Å²) in [5, 5.41) is 0. The van der Waals surface area contributed by atoms with Gasteiger partial charge in [0.2, 0.25) is 0 Å². The number of hydrogen-bond donors (Lipinski definition) is 1. The summed E-state index contributed by atoms with van der Waals surface area (Å²) in [4.78, 5) is 0. The minimum absolute atomic E-state index is 0. The predicted octanol–water partition coefficient (Wildman–Crippen LogP) is 4.20. The molecule has 0 aliphatic rings. The van der Waals surface area contributed by atoms with Gasteiger partial charge in [-0.2, -0.15) is 0 Å². The van der Waals surface area contributed by atoms with Gasteiger partial charge in [-0.05, 0) is 34.0 Å². The number of benzene rings is 1. The summed E-state index contributed by atoms with van der Waals surface area (Å²) < 4.78 is 13.7. The molecule has 1 atom stereocenters. The van der Waals surface area contributed by atoms with Crippen molar-refractivity contribution in [2.75, 3.05) is 0 Å². The van der Waals surface area contributed by atoms with Gasteiger partial charge < -0.3 is 5.73 Å². The van der Waals surface area contributed by atoms with Crippen LogP contribution in [0.25, 0.3) is 0 Å². The highest BCUT2D eigenvalue weighted by Crippen LogP contribution is 2.27. The second-order valence-corrected chi connectivity index (χ2v) is 4.18. The first kappa shape index (κ1) is 14.9. The van der Waals surface area contributed by atoms with Gasteiger partial charge in [0.15, 0.2) is 0 Å². The Balaban J connectivity index is 0.00000196. The Hall–Kier alpha value is -0.120. The van der Waals surface area contributed by atoms with Crippen LogP contribution in [-0.2, 0) is 0 Å². The number of halogens is 3. The van der Waals surface area contributed by atoms with Gasteiger partial charge in [-0.3, -0.25) is 0 Å². The molecule has 0 aromatic heterocycles. The fourth-order valence-electron chi connectivity index (χ4n) is 1.39. The van der Waals surface area contributed by atoms with Crippen molar-refractivity contribution in [1.29, 1.82) is 0 Å². The van der Waals surface area contributed by atoms with Crippen molar-refractivity contribution < 1.29 is 4.39 Å². The highest BCUT2D eigenvalue weighted by molar-refractivity contribution is 9.10. The monoisotopic (exact) mass is 295 g/mol. The minimum atomic E-state index is -0.241. The predicted molar refractivity (Wildman–Crippen MR) is 67.8 cm³/mol. The molecule has 0 unspecified atom stereocenters. The molecular formula is C11H16BrClFN. The fourth-order valence-corrected chi connectivity index (χ4v) is 1.94. The molecule has 1 aromatic carbocycles. The van der Waals surface area contributed by atoms with Crippen LogP contribution in [0.3, 0.4) is 0 Å². The molecule has 4 heteroatoms. The van der Waals surface area contributed by atoms with E-state index in [9.17, 15) is 4.39 Å². The standard InChI is InChI=1S/C11H15BrFN.ClH/c1-2-3-7-10(14)8-5-4-6-9(13)11(8)12;/h4-6,10H,2-3,7,14H2,1H3;1H/t10-;/m1./s1. The molecule has 0 bridgehead atoms. The third-order valence-corrected chi connectivity index (χ3v) is 3.09. The lowest BCUT2D eigenvalue weighted by Crippen LogP contribution is -2.11. The normalized spacial score (nSPS) is 12.0. The number of rotatable bonds is 4. The molecule has 2 N–H and O–H groups in total. The van der Waals surface area contributed by atoms with Crippen molar-refractivity contribution in [3.8, 4) is 0 Å². The van der Waals surface area contributed by atoms with Gasteiger partial charge in [-0.1, -0.05) is 31.9 Å². The fraction of sp³-hybridized carbons (Fsp3) is 0.455. The van der Waals surface area contributed by atoms with Gasteiger partial charge in [0.1, 0.15) is 5.82 Å². The van der Waals surface area contributed by atoms with E-state index in [0.29, 0.717) is 4.47 Å². The van der Waals surface area contributed by atoms with Crippen LogP contribution in [0.2, 0.25) is 0 Å². The summed E-state index contributed by atoms with van der Waals surface area (Å²) in [7, 11) is 0. The molecule has 0 radical (unpaired) electrons. The van der Waals surface area contributed by atoms with Crippen LogP contribution in [0.4, 0.5) is 4.39 Å². The van der Waals surface area contributed by atoms with E-state index < -0.39 is 0 Å². The van der Waals surface area contributed by atoms with Crippen LogP contribution in [0.1, 0.15) is 37.8 Å². The van der Waals surface area contributed by atoms with Crippen molar-refractivity contribution in [1.82, 2.24) is 0 Å². The average molecular weight is 297 g/mol. The molecule has 86 valence electrons. The van der Waals surface area contributed by atoms with Crippen LogP contribution in [-0.4, -0.2) is 0 Å². The molecule has 0 saturated carbocycles. The molecular weight excluding hydrogens is 280 g/mol. The highest BCUT2D eigenvalue weighted by atomic mass is 79.9. The summed E-state index contributed by atoms with van der Waals surface area (Å²) in [6.45, 7) is 2.12. The Morgan fingerprint density at radius 2 is 2.13 bits per heavy atom. The van der Waals surface area contributed by atoms with Crippen molar-refractivity contribution in [3.05, 3.63) is 34.1 Å². The summed E-state index contributed by atoms with van der Waals surface area (Å²) in [6, 6.07) is 4.93. The zero-order valence-electron chi connectivity index (χ0n) is 8.67. The van der Waals surface area contributed by atoms with E-state index in [4.69, 9.17) is 5.73 Å². The van der Waals surface area contributed by atoms with Crippen LogP contribution in [0.15, 0.2) is 22.7 Å².